The first-order valence-corrected chi connectivity index (χ1v) is 13.8. The van der Waals surface area contributed by atoms with Gasteiger partial charge in [-0.1, -0.05) is 38.2 Å². The summed E-state index contributed by atoms with van der Waals surface area (Å²) in [5.41, 5.74) is -0.345. The van der Waals surface area contributed by atoms with Crippen molar-refractivity contribution >= 4 is 44.0 Å². The summed E-state index contributed by atoms with van der Waals surface area (Å²) in [7, 11) is -4.12. The second-order valence-electron chi connectivity index (χ2n) is 8.76. The van der Waals surface area contributed by atoms with Gasteiger partial charge in [0.2, 0.25) is 21.8 Å². The number of amides is 2. The topological polar surface area (TPSA) is 143 Å². The van der Waals surface area contributed by atoms with Crippen LogP contribution in [0.2, 0.25) is 0 Å². The SMILES string of the molecule is O=C(Nc1nccs1)[C@H](CC1CCCCC1)N1CCN(S(=O)(=O)c2cccc([N+](=O)[O-])c2)CC1=O. The number of aromatic nitrogens is 1. The number of non-ortho nitro benzene ring substituents is 1. The fourth-order valence-electron chi connectivity index (χ4n) is 4.69. The van der Waals surface area contributed by atoms with Crippen LogP contribution in [0, 0.1) is 16.0 Å². The maximum Gasteiger partial charge on any atom is 0.270 e. The lowest BCUT2D eigenvalue weighted by Gasteiger charge is -2.39. The third-order valence-electron chi connectivity index (χ3n) is 6.51. The van der Waals surface area contributed by atoms with Gasteiger partial charge in [-0.25, -0.2) is 13.4 Å². The lowest BCUT2D eigenvalue weighted by Crippen LogP contribution is -2.58. The number of sulfonamides is 1. The standard InChI is InChI=1S/C22H27N5O6S2/c28-20-15-25(35(32,33)18-8-4-7-17(14-18)27(30)31)10-11-26(20)19(13-16-5-2-1-3-6-16)21(29)24-22-23-9-12-34-22/h4,7-9,12,14,16,19H,1-3,5-6,10-11,13,15H2,(H,23,24,29)/t19-/m0/s1. The molecule has 188 valence electrons. The molecular weight excluding hydrogens is 494 g/mol. The quantitative estimate of drug-likeness (QED) is 0.416. The Morgan fingerprint density at radius 3 is 2.69 bits per heavy atom. The van der Waals surface area contributed by atoms with Gasteiger partial charge in [-0.05, 0) is 18.4 Å². The molecule has 1 aliphatic carbocycles. The van der Waals surface area contributed by atoms with Crippen LogP contribution in [0.4, 0.5) is 10.8 Å². The zero-order valence-corrected chi connectivity index (χ0v) is 20.7. The summed E-state index contributed by atoms with van der Waals surface area (Å²) in [6.45, 7) is -0.394. The molecule has 1 atom stereocenters. The molecule has 11 nitrogen and oxygen atoms in total. The van der Waals surface area contributed by atoms with E-state index in [0.29, 0.717) is 17.5 Å². The molecule has 35 heavy (non-hydrogen) atoms. The molecule has 1 aromatic carbocycles. The van der Waals surface area contributed by atoms with Crippen LogP contribution in [-0.2, 0) is 19.6 Å². The second kappa shape index (κ2) is 10.8. The number of nitrogens with zero attached hydrogens (tertiary/aromatic N) is 4. The van der Waals surface area contributed by atoms with Crippen LogP contribution in [0.1, 0.15) is 38.5 Å². The Kier molecular flexibility index (Phi) is 7.77. The lowest BCUT2D eigenvalue weighted by atomic mass is 9.84. The number of piperazine rings is 1. The monoisotopic (exact) mass is 521 g/mol. The molecule has 1 aliphatic heterocycles. The summed E-state index contributed by atoms with van der Waals surface area (Å²) in [4.78, 5) is 42.1. The molecular formula is C22H27N5O6S2. The number of anilines is 1. The lowest BCUT2D eigenvalue weighted by molar-refractivity contribution is -0.385. The minimum atomic E-state index is -4.12. The molecule has 2 aromatic rings. The predicted molar refractivity (Wildman–Crippen MR) is 129 cm³/mol. The number of rotatable bonds is 8. The van der Waals surface area contributed by atoms with Crippen LogP contribution < -0.4 is 5.32 Å². The first kappa shape index (κ1) is 25.2. The molecule has 1 saturated carbocycles. The molecule has 1 saturated heterocycles. The van der Waals surface area contributed by atoms with Gasteiger partial charge in [-0.2, -0.15) is 4.31 Å². The molecule has 2 fully saturated rings. The molecule has 0 radical (unpaired) electrons. The minimum absolute atomic E-state index is 0.0114. The van der Waals surface area contributed by atoms with Gasteiger partial charge in [-0.15, -0.1) is 11.3 Å². The number of nitrogens with one attached hydrogen (secondary N) is 1. The molecule has 2 aliphatic rings. The highest BCUT2D eigenvalue weighted by molar-refractivity contribution is 7.89. The third kappa shape index (κ3) is 5.85. The molecule has 0 spiro atoms. The molecule has 2 heterocycles. The predicted octanol–water partition coefficient (Wildman–Crippen LogP) is 2.86. The van der Waals surface area contributed by atoms with Crippen molar-refractivity contribution < 1.29 is 22.9 Å². The highest BCUT2D eigenvalue weighted by atomic mass is 32.2. The number of nitro groups is 1. The highest BCUT2D eigenvalue weighted by Crippen LogP contribution is 2.30. The van der Waals surface area contributed by atoms with Crippen molar-refractivity contribution in [2.75, 3.05) is 25.0 Å². The number of hydrogen-bond donors (Lipinski definition) is 1. The largest absolute Gasteiger partial charge is 0.328 e. The van der Waals surface area contributed by atoms with Crippen molar-refractivity contribution in [3.63, 3.8) is 0 Å². The first-order chi connectivity index (χ1) is 16.8. The van der Waals surface area contributed by atoms with E-state index in [2.05, 4.69) is 10.3 Å². The first-order valence-electron chi connectivity index (χ1n) is 11.5. The molecule has 2 amide bonds. The molecule has 13 heteroatoms. The molecule has 1 aromatic heterocycles. The number of benzene rings is 1. The maximum absolute atomic E-state index is 13.2. The zero-order valence-electron chi connectivity index (χ0n) is 19.0. The fourth-order valence-corrected chi connectivity index (χ4v) is 6.65. The Morgan fingerprint density at radius 1 is 1.26 bits per heavy atom. The maximum atomic E-state index is 13.2. The zero-order chi connectivity index (χ0) is 25.0. The van der Waals surface area contributed by atoms with Crippen LogP contribution in [0.15, 0.2) is 40.7 Å². The summed E-state index contributed by atoms with van der Waals surface area (Å²) in [5.74, 6) is -0.482. The van der Waals surface area contributed by atoms with Crippen molar-refractivity contribution in [3.8, 4) is 0 Å². The number of nitro benzene ring substituents is 1. The Labute approximate surface area is 207 Å². The van der Waals surface area contributed by atoms with Gasteiger partial charge < -0.3 is 10.2 Å². The van der Waals surface area contributed by atoms with E-state index in [4.69, 9.17) is 0 Å². The average Bonchev–Trinajstić information content (AvgIpc) is 3.36. The van der Waals surface area contributed by atoms with Gasteiger partial charge in [-0.3, -0.25) is 19.7 Å². The van der Waals surface area contributed by atoms with Crippen LogP contribution in [0.25, 0.3) is 0 Å². The van der Waals surface area contributed by atoms with Crippen LogP contribution >= 0.6 is 11.3 Å². The van der Waals surface area contributed by atoms with Gasteiger partial charge in [0.05, 0.1) is 16.4 Å². The van der Waals surface area contributed by atoms with E-state index >= 15 is 0 Å². The van der Waals surface area contributed by atoms with Crippen molar-refractivity contribution in [2.24, 2.45) is 5.92 Å². The van der Waals surface area contributed by atoms with Gasteiger partial charge in [0, 0.05) is 36.8 Å². The average molecular weight is 522 g/mol. The number of carbonyl (C=O) groups is 2. The van der Waals surface area contributed by atoms with E-state index in [9.17, 15) is 28.1 Å². The van der Waals surface area contributed by atoms with Crippen LogP contribution in [-0.4, -0.2) is 65.0 Å². The summed E-state index contributed by atoms with van der Waals surface area (Å²) < 4.78 is 27.2. The molecule has 0 bridgehead atoms. The number of hydrogen-bond acceptors (Lipinski definition) is 8. The van der Waals surface area contributed by atoms with Gasteiger partial charge >= 0.3 is 0 Å². The minimum Gasteiger partial charge on any atom is -0.328 e. The van der Waals surface area contributed by atoms with E-state index in [1.165, 1.54) is 40.9 Å². The van der Waals surface area contributed by atoms with Gasteiger partial charge in [0.15, 0.2) is 5.13 Å². The van der Waals surface area contributed by atoms with Crippen LogP contribution in [0.3, 0.4) is 0 Å². The van der Waals surface area contributed by atoms with Crippen molar-refractivity contribution in [1.82, 2.24) is 14.2 Å². The Morgan fingerprint density at radius 2 is 2.03 bits per heavy atom. The Hall–Kier alpha value is -2.90. The smallest absolute Gasteiger partial charge is 0.270 e. The summed E-state index contributed by atoms with van der Waals surface area (Å²) in [6, 6.07) is 4.04. The molecule has 4 rings (SSSR count). The van der Waals surface area contributed by atoms with Gasteiger partial charge in [0.1, 0.15) is 6.04 Å². The number of carbonyl (C=O) groups excluding carboxylic acids is 2. The summed E-state index contributed by atoms with van der Waals surface area (Å²) in [6.07, 6.45) is 7.44. The van der Waals surface area contributed by atoms with Crippen molar-refractivity contribution in [1.29, 1.82) is 0 Å². The molecule has 1 N–H and O–H groups in total. The van der Waals surface area contributed by atoms with E-state index in [1.54, 1.807) is 11.6 Å². The third-order valence-corrected chi connectivity index (χ3v) is 9.04. The summed E-state index contributed by atoms with van der Waals surface area (Å²) in [5, 5.41) is 16.0. The normalized spacial score (nSPS) is 18.9. The van der Waals surface area contributed by atoms with E-state index in [-0.39, 0.29) is 29.6 Å². The van der Waals surface area contributed by atoms with Crippen molar-refractivity contribution in [3.05, 3.63) is 46.0 Å². The van der Waals surface area contributed by atoms with Crippen LogP contribution in [0.5, 0.6) is 0 Å². The molecule has 0 unspecified atom stereocenters. The van der Waals surface area contributed by atoms with E-state index in [1.807, 2.05) is 0 Å². The summed E-state index contributed by atoms with van der Waals surface area (Å²) >= 11 is 1.28. The second-order valence-corrected chi connectivity index (χ2v) is 11.6. The Bertz CT molecular complexity index is 1180. The Balaban J connectivity index is 1.51. The van der Waals surface area contributed by atoms with Gasteiger partial charge in [0.25, 0.3) is 5.69 Å². The number of thiazole rings is 1. The van der Waals surface area contributed by atoms with E-state index in [0.717, 1.165) is 36.1 Å². The van der Waals surface area contributed by atoms with E-state index < -0.39 is 33.4 Å². The van der Waals surface area contributed by atoms with Crippen molar-refractivity contribution in [2.45, 2.75) is 49.5 Å². The fraction of sp³-hybridized carbons (Fsp3) is 0.500. The highest BCUT2D eigenvalue weighted by Gasteiger charge is 2.39.